The largest absolute Gasteiger partial charge is 1.00 e. The summed E-state index contributed by atoms with van der Waals surface area (Å²) in [5, 5.41) is 92.4. The fraction of sp³-hybridized carbons (Fsp3) is 0.153. The van der Waals surface area contributed by atoms with Crippen LogP contribution in [-0.4, -0.2) is 112 Å². The van der Waals surface area contributed by atoms with Gasteiger partial charge >= 0.3 is 28.5 Å². The highest BCUT2D eigenvalue weighted by atomic mass is 79.9. The second kappa shape index (κ2) is 34.5. The number of hydrogen-bond donors (Lipinski definition) is 12. The lowest BCUT2D eigenvalue weighted by Gasteiger charge is -2.20. The first kappa shape index (κ1) is 72.4. The third-order valence-corrected chi connectivity index (χ3v) is 13.6. The molecular weight excluding hydrogens is 1380 g/mol. The number of hydrogen-bond acceptors (Lipinski definition) is 12. The Balaban J connectivity index is 0.00000405. The van der Waals surface area contributed by atoms with E-state index >= 15 is 0 Å². The minimum Gasteiger partial charge on any atom is -1.00 e. The minimum atomic E-state index is -1.81. The molecule has 0 unspecified atom stereocenters. The third kappa shape index (κ3) is 20.0. The van der Waals surface area contributed by atoms with Crippen molar-refractivity contribution < 1.29 is 146 Å². The molecule has 4 aromatic heterocycles. The van der Waals surface area contributed by atoms with Crippen LogP contribution in [0.25, 0.3) is 22.3 Å². The molecule has 28 heteroatoms. The molecule has 8 rings (SSSR count). The van der Waals surface area contributed by atoms with Crippen molar-refractivity contribution in [1.29, 1.82) is 0 Å². The van der Waals surface area contributed by atoms with Gasteiger partial charge in [-0.15, -0.1) is 0 Å². The van der Waals surface area contributed by atoms with Gasteiger partial charge in [-0.05, 0) is 59.5 Å². The van der Waals surface area contributed by atoms with Crippen LogP contribution in [0.1, 0.15) is 56.3 Å². The number of nitrogens with one attached hydrogen (secondary N) is 4. The van der Waals surface area contributed by atoms with Gasteiger partial charge in [0, 0.05) is 53.0 Å². The average molecular weight is 1440 g/mol. The monoisotopic (exact) mass is 1430 g/mol. The molecule has 4 heterocycles. The van der Waals surface area contributed by atoms with Crippen LogP contribution >= 0.6 is 0 Å². The van der Waals surface area contributed by atoms with E-state index in [9.17, 15) is 59.4 Å². The van der Waals surface area contributed by atoms with E-state index in [2.05, 4.69) is 27.8 Å². The zero-order valence-electron chi connectivity index (χ0n) is 46.9. The molecular formula is C59H62B4Br4N8O12. The van der Waals surface area contributed by atoms with Crippen LogP contribution in [-0.2, 0) is 35.8 Å². The molecule has 20 nitrogen and oxygen atoms in total. The number of nitrogens with zero attached hydrogens (tertiary/aromatic N) is 4. The van der Waals surface area contributed by atoms with Gasteiger partial charge in [-0.25, -0.2) is 9.13 Å². The molecule has 4 amide bonds. The van der Waals surface area contributed by atoms with Crippen molar-refractivity contribution in [2.75, 3.05) is 13.1 Å². The van der Waals surface area contributed by atoms with Gasteiger partial charge in [0.2, 0.25) is 5.91 Å². The molecule has 12 N–H and O–H groups in total. The smallest absolute Gasteiger partial charge is 0.488 e. The van der Waals surface area contributed by atoms with Crippen molar-refractivity contribution in [2.24, 2.45) is 0 Å². The van der Waals surface area contributed by atoms with E-state index in [4.69, 9.17) is 0 Å². The van der Waals surface area contributed by atoms with Gasteiger partial charge in [-0.2, -0.15) is 9.13 Å². The Morgan fingerprint density at radius 3 is 1.10 bits per heavy atom. The van der Waals surface area contributed by atoms with Crippen LogP contribution in [0.5, 0.6) is 0 Å². The number of aromatic nitrogens is 4. The van der Waals surface area contributed by atoms with Crippen LogP contribution in [0.15, 0.2) is 195 Å². The molecule has 0 saturated carbocycles. The molecule has 0 spiro atoms. The predicted octanol–water partition coefficient (Wildman–Crippen LogP) is -15.2. The maximum Gasteiger partial charge on any atom is 0.488 e. The predicted molar refractivity (Wildman–Crippen MR) is 310 cm³/mol. The van der Waals surface area contributed by atoms with E-state index in [1.165, 1.54) is 12.4 Å². The van der Waals surface area contributed by atoms with Gasteiger partial charge in [0.1, 0.15) is 11.1 Å². The third-order valence-electron chi connectivity index (χ3n) is 13.6. The minimum absolute atomic E-state index is 0. The quantitative estimate of drug-likeness (QED) is 0.00884. The van der Waals surface area contributed by atoms with Crippen molar-refractivity contribution >= 4 is 74.0 Å². The summed E-state index contributed by atoms with van der Waals surface area (Å²) in [5.41, 5.74) is 6.09. The fourth-order valence-corrected chi connectivity index (χ4v) is 9.46. The Hall–Kier alpha value is -7.04. The molecule has 0 aliphatic rings. The van der Waals surface area contributed by atoms with Gasteiger partial charge in [-0.1, -0.05) is 104 Å². The molecule has 0 aliphatic carbocycles. The second-order valence-electron chi connectivity index (χ2n) is 19.9. The lowest BCUT2D eigenvalue weighted by molar-refractivity contribution is -0.689. The van der Waals surface area contributed by atoms with Crippen LogP contribution in [0.3, 0.4) is 0 Å². The highest BCUT2D eigenvalue weighted by Gasteiger charge is 2.29. The number of rotatable bonds is 24. The lowest BCUT2D eigenvalue weighted by Crippen LogP contribution is -3.00. The Morgan fingerprint density at radius 2 is 0.759 bits per heavy atom. The number of amides is 4. The first-order chi connectivity index (χ1) is 39.9. The van der Waals surface area contributed by atoms with Crippen molar-refractivity contribution in [3.05, 3.63) is 229 Å². The maximum atomic E-state index is 14.9. The van der Waals surface area contributed by atoms with Gasteiger partial charge in [0.25, 0.3) is 17.7 Å². The Labute approximate surface area is 546 Å². The Morgan fingerprint density at radius 1 is 0.437 bits per heavy atom. The summed E-state index contributed by atoms with van der Waals surface area (Å²) in [6, 6.07) is 37.5. The molecule has 0 fully saturated rings. The summed E-state index contributed by atoms with van der Waals surface area (Å²) in [5.74, 6) is -2.77. The van der Waals surface area contributed by atoms with Gasteiger partial charge < -0.3 is 129 Å². The van der Waals surface area contributed by atoms with E-state index in [1.54, 1.807) is 162 Å². The van der Waals surface area contributed by atoms with Gasteiger partial charge in [0.05, 0.1) is 22.3 Å². The highest BCUT2D eigenvalue weighted by Crippen LogP contribution is 2.20. The molecule has 4 aromatic carbocycles. The van der Waals surface area contributed by atoms with E-state index in [-0.39, 0.29) is 142 Å². The SMILES string of the molecule is C=C(C)C(=O)NCCCNC(=O)C(NC(=O)c1cc(-c2ccc[n+](Cc3ccccc3B(O)O)c2)c[n+](Cc2ccccc2B(O)O)c1)NC(=O)c1cc(-c2ccc[n+](Cc3ccccc3B(O)O)c2)c[n+](Cc2ccccc2B(O)O)c1.[Br-].[Br-].[Br-].[Br-]. The van der Waals surface area contributed by atoms with Crippen molar-refractivity contribution in [2.45, 2.75) is 45.7 Å². The van der Waals surface area contributed by atoms with Gasteiger partial charge in [0.15, 0.2) is 81.9 Å². The van der Waals surface area contributed by atoms with Crippen molar-refractivity contribution in [3.8, 4) is 22.3 Å². The number of halogens is 4. The van der Waals surface area contributed by atoms with Crippen molar-refractivity contribution in [1.82, 2.24) is 21.3 Å². The standard InChI is InChI=1S/C59H58B4N8O12.4BrH/c1-40(2)56(72)64-24-13-25-65-59(75)55(66-57(73)49-28-47(36-70(38-49)34-45-16-5-9-22-53(45)62(80)81)41-18-11-26-68(30-41)32-43-14-3-7-20-51(43)60(76)77)67-58(74)50-29-48(37-71(39-50)35-46-17-6-10-23-54(46)63(82)83)42-19-12-27-69(31-42)33-44-15-4-8-21-52(44)61(78)79;;;;/h3-12,14-23,26-31,36-39,55,76-83H,1,13,24-25,32-35H2,2H3;4*1H. The zero-order chi connectivity index (χ0) is 59.2. The summed E-state index contributed by atoms with van der Waals surface area (Å²) in [6.07, 6.45) is 12.3. The molecule has 0 bridgehead atoms. The first-order valence-corrected chi connectivity index (χ1v) is 26.6. The molecule has 0 aliphatic heterocycles. The Bertz CT molecular complexity index is 3480. The molecule has 0 radical (unpaired) electrons. The zero-order valence-corrected chi connectivity index (χ0v) is 53.2. The first-order valence-electron chi connectivity index (χ1n) is 26.6. The number of carbonyl (C=O) groups is 4. The lowest BCUT2D eigenvalue weighted by atomic mass is 9.77. The fourth-order valence-electron chi connectivity index (χ4n) is 9.46. The second-order valence-corrected chi connectivity index (χ2v) is 19.9. The number of pyridine rings is 4. The van der Waals surface area contributed by atoms with E-state index in [0.29, 0.717) is 61.0 Å². The van der Waals surface area contributed by atoms with Crippen LogP contribution in [0.4, 0.5) is 0 Å². The summed E-state index contributed by atoms with van der Waals surface area (Å²) >= 11 is 0. The van der Waals surface area contributed by atoms with Crippen molar-refractivity contribution in [3.63, 3.8) is 0 Å². The summed E-state index contributed by atoms with van der Waals surface area (Å²) in [7, 11) is -7.03. The maximum absolute atomic E-state index is 14.9. The molecule has 87 heavy (non-hydrogen) atoms. The summed E-state index contributed by atoms with van der Waals surface area (Å²) in [6.45, 7) is 6.00. The van der Waals surface area contributed by atoms with E-state index in [1.807, 2.05) is 33.7 Å². The van der Waals surface area contributed by atoms with E-state index in [0.717, 1.165) is 0 Å². The number of carbonyl (C=O) groups excluding carboxylic acids is 4. The van der Waals surface area contributed by atoms with E-state index < -0.39 is 52.4 Å². The summed E-state index contributed by atoms with van der Waals surface area (Å²) in [4.78, 5) is 56.3. The normalized spacial score (nSPS) is 10.4. The van der Waals surface area contributed by atoms with Gasteiger partial charge in [-0.3, -0.25) is 19.2 Å². The topological polar surface area (TPSA) is 294 Å². The molecule has 0 atom stereocenters. The summed E-state index contributed by atoms with van der Waals surface area (Å²) < 4.78 is 7.01. The Kier molecular flexibility index (Phi) is 28.7. The van der Waals surface area contributed by atoms with Crippen LogP contribution in [0, 0.1) is 0 Å². The number of benzene rings is 4. The van der Waals surface area contributed by atoms with Crippen LogP contribution < -0.4 is 129 Å². The highest BCUT2D eigenvalue weighted by molar-refractivity contribution is 6.60. The van der Waals surface area contributed by atoms with Crippen LogP contribution in [0.2, 0.25) is 0 Å². The molecule has 0 saturated heterocycles. The average Bonchev–Trinajstić information content (AvgIpc) is 1.95. The molecule has 450 valence electrons. The molecule has 8 aromatic rings.